The van der Waals surface area contributed by atoms with Crippen molar-refractivity contribution in [1.29, 1.82) is 0 Å². The van der Waals surface area contributed by atoms with E-state index in [4.69, 9.17) is 28.4 Å². The van der Waals surface area contributed by atoms with Crippen molar-refractivity contribution in [2.24, 2.45) is 50.2 Å². The molecule has 0 bridgehead atoms. The lowest BCUT2D eigenvalue weighted by molar-refractivity contribution is -0.356. The van der Waals surface area contributed by atoms with Gasteiger partial charge in [0.15, 0.2) is 18.7 Å². The van der Waals surface area contributed by atoms with Gasteiger partial charge in [-0.15, -0.1) is 0 Å². The number of carbonyl (C=O) groups excluding carboxylic acids is 1. The summed E-state index contributed by atoms with van der Waals surface area (Å²) in [5.41, 5.74) is -3.06. The standard InChI is InChI=1S/C47H76O18/c1-41(2)15-17-47(40(59)64-38-32(55)29(52)27(50)22(19-48)61-38)18-16-44(5)26(45(47,6)21-41)10-9-24-42(3)12-8-13-46(7,25(42)11-14-43(24,44)4)65-39-33(56)30(53)34(35(63-39)36(57)58)62-37-31(54)28(51)23(20-49)60-37/h22-35,37-39,48-56H,8-21H2,1-7H3,(H,57,58)/t22-,23-,24-,25+,26-,27-,28-,29+,30-,31+,32-,33-,34+,35+,37+,38+,39+,42-,43-,44-,45+,46+,47-/m1/s1. The fourth-order valence-electron chi connectivity index (χ4n) is 16.2. The van der Waals surface area contributed by atoms with E-state index in [1.807, 2.05) is 6.92 Å². The van der Waals surface area contributed by atoms with Crippen molar-refractivity contribution in [1.82, 2.24) is 0 Å². The maximum atomic E-state index is 14.9. The molecule has 8 fully saturated rings. The van der Waals surface area contributed by atoms with Crippen LogP contribution in [0, 0.1) is 50.2 Å². The summed E-state index contributed by atoms with van der Waals surface area (Å²) < 4.78 is 35.5. The maximum Gasteiger partial charge on any atom is 0.335 e. The number of hydrogen-bond acceptors (Lipinski definition) is 17. The van der Waals surface area contributed by atoms with Crippen LogP contribution < -0.4 is 0 Å². The molecule has 0 aromatic carbocycles. The predicted molar refractivity (Wildman–Crippen MR) is 225 cm³/mol. The summed E-state index contributed by atoms with van der Waals surface area (Å²) in [6, 6.07) is 0. The molecule has 0 aromatic rings. The largest absolute Gasteiger partial charge is 0.479 e. The van der Waals surface area contributed by atoms with Crippen molar-refractivity contribution < 1.29 is 89.1 Å². The molecule has 8 rings (SSSR count). The van der Waals surface area contributed by atoms with Crippen LogP contribution in [0.15, 0.2) is 0 Å². The number of rotatable bonds is 9. The van der Waals surface area contributed by atoms with Crippen molar-refractivity contribution in [2.45, 2.75) is 217 Å². The van der Waals surface area contributed by atoms with Crippen LogP contribution in [0.3, 0.4) is 0 Å². The fraction of sp³-hybridized carbons (Fsp3) is 0.957. The second kappa shape index (κ2) is 17.1. The lowest BCUT2D eigenvalue weighted by atomic mass is 9.29. The first kappa shape index (κ1) is 49.8. The SMILES string of the molecule is CC1(C)CC[C@]2(C(=O)O[C@@H]3O[C@H](CO)[C@@H](O)[C@H](O)[C@H]3O)CC[C@]3(C)[C@@H](CC[C@@H]4[C@@]5(C)CCC[C@](C)(O[C@@H]6O[C@H](C(=O)O)[C@@H](O[C@@H]7O[C@H](CO)[C@@H](O)[C@@H]7O)[C@H](O)[C@H]6O)[C@H]5CC[C@]43C)[C@]2(C)C1. The number of esters is 1. The number of carboxylic acid groups (broad SMARTS) is 1. The molecule has 3 saturated heterocycles. The van der Waals surface area contributed by atoms with Gasteiger partial charge in [-0.1, -0.05) is 48.0 Å². The fourth-order valence-corrected chi connectivity index (χ4v) is 16.2. The highest BCUT2D eigenvalue weighted by Gasteiger charge is 2.75. The van der Waals surface area contributed by atoms with Crippen LogP contribution in [-0.2, 0) is 38.0 Å². The van der Waals surface area contributed by atoms with E-state index in [2.05, 4.69) is 41.5 Å². The second-order valence-electron chi connectivity index (χ2n) is 23.4. The van der Waals surface area contributed by atoms with Crippen molar-refractivity contribution in [2.75, 3.05) is 13.2 Å². The van der Waals surface area contributed by atoms with Crippen molar-refractivity contribution in [3.63, 3.8) is 0 Å². The van der Waals surface area contributed by atoms with Gasteiger partial charge in [0.25, 0.3) is 0 Å². The van der Waals surface area contributed by atoms with E-state index in [-0.39, 0.29) is 39.4 Å². The van der Waals surface area contributed by atoms with E-state index in [0.717, 1.165) is 57.8 Å². The molecule has 18 heteroatoms. The first-order valence-corrected chi connectivity index (χ1v) is 24.0. The van der Waals surface area contributed by atoms with Crippen LogP contribution in [-0.4, -0.2) is 168 Å². The van der Waals surface area contributed by atoms with Crippen molar-refractivity contribution in [3.05, 3.63) is 0 Å². The second-order valence-corrected chi connectivity index (χ2v) is 23.4. The monoisotopic (exact) mass is 929 g/mol. The van der Waals surface area contributed by atoms with Crippen LogP contribution in [0.2, 0.25) is 0 Å². The predicted octanol–water partition coefficient (Wildman–Crippen LogP) is 1.10. The van der Waals surface area contributed by atoms with E-state index in [0.29, 0.717) is 19.3 Å². The number of hydrogen-bond donors (Lipinski definition) is 10. The highest BCUT2D eigenvalue weighted by atomic mass is 16.8. The van der Waals surface area contributed by atoms with Gasteiger partial charge in [-0.05, 0) is 122 Å². The Labute approximate surface area is 380 Å². The summed E-state index contributed by atoms with van der Waals surface area (Å²) in [6.07, 6.45) is -13.3. The van der Waals surface area contributed by atoms with Gasteiger partial charge in [-0.2, -0.15) is 0 Å². The zero-order valence-corrected chi connectivity index (χ0v) is 39.0. The van der Waals surface area contributed by atoms with Gasteiger partial charge in [-0.25, -0.2) is 4.79 Å². The number of fused-ring (bicyclic) bond motifs is 7. The number of aliphatic carboxylic acids is 1. The summed E-state index contributed by atoms with van der Waals surface area (Å²) in [6.45, 7) is 14.7. The van der Waals surface area contributed by atoms with Crippen LogP contribution in [0.25, 0.3) is 0 Å². The minimum atomic E-state index is -1.85. The van der Waals surface area contributed by atoms with Crippen LogP contribution in [0.5, 0.6) is 0 Å². The molecule has 10 N–H and O–H groups in total. The highest BCUT2D eigenvalue weighted by molar-refractivity contribution is 5.79. The first-order valence-electron chi connectivity index (χ1n) is 24.0. The summed E-state index contributed by atoms with van der Waals surface area (Å²) in [5.74, 6) is -1.68. The van der Waals surface area contributed by atoms with Gasteiger partial charge in [0, 0.05) is 0 Å². The van der Waals surface area contributed by atoms with Crippen molar-refractivity contribution in [3.8, 4) is 0 Å². The molecule has 23 atom stereocenters. The molecule has 372 valence electrons. The minimum Gasteiger partial charge on any atom is -0.479 e. The van der Waals surface area contributed by atoms with Gasteiger partial charge >= 0.3 is 11.9 Å². The Morgan fingerprint density at radius 3 is 1.78 bits per heavy atom. The van der Waals surface area contributed by atoms with Gasteiger partial charge in [0.2, 0.25) is 6.29 Å². The van der Waals surface area contributed by atoms with Gasteiger partial charge in [0.1, 0.15) is 61.0 Å². The smallest absolute Gasteiger partial charge is 0.335 e. The average molecular weight is 929 g/mol. The van der Waals surface area contributed by atoms with E-state index < -0.39 is 128 Å². The first-order chi connectivity index (χ1) is 30.3. The molecular weight excluding hydrogens is 852 g/mol. The molecular formula is C47H76O18. The van der Waals surface area contributed by atoms with Crippen LogP contribution in [0.1, 0.15) is 126 Å². The molecule has 0 aromatic heterocycles. The third-order valence-corrected chi connectivity index (χ3v) is 19.7. The average Bonchev–Trinajstić information content (AvgIpc) is 3.51. The molecule has 3 aliphatic heterocycles. The van der Waals surface area contributed by atoms with Gasteiger partial charge < -0.3 is 79.5 Å². The number of carbonyl (C=O) groups is 2. The lowest BCUT2D eigenvalue weighted by Crippen LogP contribution is -2.71. The van der Waals surface area contributed by atoms with E-state index in [9.17, 15) is 60.7 Å². The Hall–Kier alpha value is -1.62. The van der Waals surface area contributed by atoms with E-state index in [1.165, 1.54) is 0 Å². The Kier molecular flexibility index (Phi) is 13.1. The molecule has 18 nitrogen and oxygen atoms in total. The maximum absolute atomic E-state index is 14.9. The normalized spacial score (nSPS) is 55.2. The van der Waals surface area contributed by atoms with E-state index in [1.54, 1.807) is 0 Å². The van der Waals surface area contributed by atoms with E-state index >= 15 is 0 Å². The molecule has 3 heterocycles. The zero-order valence-electron chi connectivity index (χ0n) is 39.0. The number of aliphatic hydroxyl groups excluding tert-OH is 9. The summed E-state index contributed by atoms with van der Waals surface area (Å²) in [5, 5.41) is 105. The molecule has 0 amide bonds. The Bertz CT molecular complexity index is 1780. The van der Waals surface area contributed by atoms with Crippen LogP contribution in [0.4, 0.5) is 0 Å². The zero-order chi connectivity index (χ0) is 47.6. The summed E-state index contributed by atoms with van der Waals surface area (Å²) in [4.78, 5) is 27.5. The third-order valence-electron chi connectivity index (χ3n) is 19.7. The topological polar surface area (TPSA) is 292 Å². The van der Waals surface area contributed by atoms with Gasteiger partial charge in [0.05, 0.1) is 24.2 Å². The lowest BCUT2D eigenvalue weighted by Gasteiger charge is -2.75. The van der Waals surface area contributed by atoms with Crippen molar-refractivity contribution >= 4 is 11.9 Å². The summed E-state index contributed by atoms with van der Waals surface area (Å²) >= 11 is 0. The molecule has 8 aliphatic rings. The summed E-state index contributed by atoms with van der Waals surface area (Å²) in [7, 11) is 0. The number of carboxylic acids is 1. The minimum absolute atomic E-state index is 0.0356. The molecule has 65 heavy (non-hydrogen) atoms. The Morgan fingerprint density at radius 1 is 0.569 bits per heavy atom. The quantitative estimate of drug-likeness (QED) is 0.145. The molecule has 0 spiro atoms. The number of ether oxygens (including phenoxy) is 6. The Balaban J connectivity index is 1.03. The van der Waals surface area contributed by atoms with Crippen LogP contribution >= 0.6 is 0 Å². The molecule has 0 radical (unpaired) electrons. The Morgan fingerprint density at radius 2 is 1.14 bits per heavy atom. The molecule has 5 aliphatic carbocycles. The van der Waals surface area contributed by atoms with Gasteiger partial charge in [-0.3, -0.25) is 4.79 Å². The third kappa shape index (κ3) is 7.48. The number of aliphatic hydroxyl groups is 9. The molecule has 5 saturated carbocycles. The molecule has 0 unspecified atom stereocenters. The highest BCUT2D eigenvalue weighted by Crippen LogP contribution is 2.79.